The van der Waals surface area contributed by atoms with Crippen molar-refractivity contribution in [1.82, 2.24) is 15.5 Å². The van der Waals surface area contributed by atoms with Crippen LogP contribution in [0.15, 0.2) is 42.5 Å². The van der Waals surface area contributed by atoms with Crippen LogP contribution in [0.3, 0.4) is 0 Å². The number of ether oxygens (including phenoxy) is 3. The van der Waals surface area contributed by atoms with Crippen molar-refractivity contribution in [2.24, 2.45) is 0 Å². The SMILES string of the molecule is COc1ccc([C@@H](CNC(=S)NCc2ccc3c(c2)OCO3)N2CCCC2)cc1. The summed E-state index contributed by atoms with van der Waals surface area (Å²) in [6.07, 6.45) is 2.50. The summed E-state index contributed by atoms with van der Waals surface area (Å²) in [5.74, 6) is 2.46. The molecule has 154 valence electrons. The van der Waals surface area contributed by atoms with Crippen LogP contribution in [0.5, 0.6) is 17.2 Å². The molecule has 29 heavy (non-hydrogen) atoms. The van der Waals surface area contributed by atoms with E-state index in [0.717, 1.165) is 42.4 Å². The third-order valence-electron chi connectivity index (χ3n) is 5.43. The molecule has 0 amide bonds. The number of hydrogen-bond acceptors (Lipinski definition) is 5. The molecule has 1 saturated heterocycles. The number of thiocarbonyl (C=S) groups is 1. The van der Waals surface area contributed by atoms with Gasteiger partial charge in [0.25, 0.3) is 0 Å². The van der Waals surface area contributed by atoms with Crippen molar-refractivity contribution in [3.8, 4) is 17.2 Å². The first-order valence-corrected chi connectivity index (χ1v) is 10.4. The summed E-state index contributed by atoms with van der Waals surface area (Å²) in [6, 6.07) is 14.6. The lowest BCUT2D eigenvalue weighted by Crippen LogP contribution is -2.41. The van der Waals surface area contributed by atoms with E-state index < -0.39 is 0 Å². The normalized spacial score (nSPS) is 16.4. The zero-order chi connectivity index (χ0) is 20.1. The van der Waals surface area contributed by atoms with Crippen molar-refractivity contribution in [3.05, 3.63) is 53.6 Å². The van der Waals surface area contributed by atoms with E-state index in [0.29, 0.717) is 11.7 Å². The van der Waals surface area contributed by atoms with Crippen LogP contribution in [-0.2, 0) is 6.54 Å². The van der Waals surface area contributed by atoms with Gasteiger partial charge in [0.1, 0.15) is 5.75 Å². The smallest absolute Gasteiger partial charge is 0.231 e. The summed E-state index contributed by atoms with van der Waals surface area (Å²) < 4.78 is 16.1. The Kier molecular flexibility index (Phi) is 6.36. The Balaban J connectivity index is 1.33. The first-order chi connectivity index (χ1) is 14.2. The third kappa shape index (κ3) is 4.92. The molecule has 2 aromatic carbocycles. The Morgan fingerprint density at radius 1 is 1.07 bits per heavy atom. The molecule has 0 radical (unpaired) electrons. The average molecular weight is 414 g/mol. The molecule has 0 aliphatic carbocycles. The van der Waals surface area contributed by atoms with Gasteiger partial charge in [-0.15, -0.1) is 0 Å². The van der Waals surface area contributed by atoms with Gasteiger partial charge < -0.3 is 24.8 Å². The number of likely N-dealkylation sites (tertiary alicyclic amines) is 1. The first-order valence-electron chi connectivity index (χ1n) is 10.0. The van der Waals surface area contributed by atoms with Crippen LogP contribution in [0.2, 0.25) is 0 Å². The molecule has 2 aromatic rings. The fourth-order valence-corrected chi connectivity index (χ4v) is 3.98. The van der Waals surface area contributed by atoms with Gasteiger partial charge in [-0.25, -0.2) is 0 Å². The fraction of sp³-hybridized carbons (Fsp3) is 0.409. The van der Waals surface area contributed by atoms with Crippen molar-refractivity contribution in [3.63, 3.8) is 0 Å². The molecular formula is C22H27N3O3S. The second-order valence-corrected chi connectivity index (χ2v) is 7.69. The maximum atomic E-state index is 5.52. The standard InChI is InChI=1S/C22H27N3O3S/c1-26-18-7-5-17(6-8-18)19(25-10-2-3-11-25)14-24-22(29)23-13-16-4-9-20-21(12-16)28-15-27-20/h4-9,12,19H,2-3,10-11,13-15H2,1H3,(H2,23,24,29)/t19-/m1/s1. The number of rotatable bonds is 7. The quantitative estimate of drug-likeness (QED) is 0.676. The molecule has 7 heteroatoms. The maximum absolute atomic E-state index is 5.52. The molecule has 2 heterocycles. The van der Waals surface area contributed by atoms with Crippen LogP contribution in [-0.4, -0.2) is 43.5 Å². The Labute approximate surface area is 177 Å². The van der Waals surface area contributed by atoms with E-state index in [2.05, 4.69) is 27.7 Å². The van der Waals surface area contributed by atoms with Crippen LogP contribution < -0.4 is 24.8 Å². The van der Waals surface area contributed by atoms with Crippen LogP contribution in [0.25, 0.3) is 0 Å². The average Bonchev–Trinajstić information content (AvgIpc) is 3.44. The van der Waals surface area contributed by atoms with E-state index in [1.54, 1.807) is 7.11 Å². The van der Waals surface area contributed by atoms with Crippen molar-refractivity contribution in [2.45, 2.75) is 25.4 Å². The highest BCUT2D eigenvalue weighted by Crippen LogP contribution is 2.32. The Morgan fingerprint density at radius 2 is 1.83 bits per heavy atom. The molecule has 0 aromatic heterocycles. The lowest BCUT2D eigenvalue weighted by Gasteiger charge is -2.29. The van der Waals surface area contributed by atoms with Gasteiger partial charge in [0.05, 0.1) is 13.2 Å². The van der Waals surface area contributed by atoms with Crippen molar-refractivity contribution in [1.29, 1.82) is 0 Å². The molecule has 1 atom stereocenters. The topological polar surface area (TPSA) is 55.0 Å². The Morgan fingerprint density at radius 3 is 2.59 bits per heavy atom. The summed E-state index contributed by atoms with van der Waals surface area (Å²) >= 11 is 5.52. The zero-order valence-electron chi connectivity index (χ0n) is 16.6. The van der Waals surface area contributed by atoms with E-state index in [4.69, 9.17) is 26.4 Å². The predicted octanol–water partition coefficient (Wildman–Crippen LogP) is 3.23. The minimum atomic E-state index is 0.286. The van der Waals surface area contributed by atoms with Crippen molar-refractivity contribution < 1.29 is 14.2 Å². The van der Waals surface area contributed by atoms with Gasteiger partial charge in [0.2, 0.25) is 6.79 Å². The molecule has 2 aliphatic heterocycles. The number of methoxy groups -OCH3 is 1. The second-order valence-electron chi connectivity index (χ2n) is 7.28. The van der Waals surface area contributed by atoms with Crippen LogP contribution in [0, 0.1) is 0 Å². The molecule has 1 fully saturated rings. The summed E-state index contributed by atoms with van der Waals surface area (Å²) in [4.78, 5) is 2.52. The van der Waals surface area contributed by atoms with Crippen LogP contribution in [0.4, 0.5) is 0 Å². The number of benzene rings is 2. The molecule has 2 N–H and O–H groups in total. The lowest BCUT2D eigenvalue weighted by atomic mass is 10.1. The molecular weight excluding hydrogens is 386 g/mol. The first kappa shape index (κ1) is 19.8. The van der Waals surface area contributed by atoms with E-state index in [1.807, 2.05) is 30.3 Å². The van der Waals surface area contributed by atoms with Crippen molar-refractivity contribution >= 4 is 17.3 Å². The molecule has 0 spiro atoms. The number of nitrogens with one attached hydrogen (secondary N) is 2. The highest BCUT2D eigenvalue weighted by molar-refractivity contribution is 7.80. The van der Waals surface area contributed by atoms with E-state index in [1.165, 1.54) is 18.4 Å². The van der Waals surface area contributed by atoms with E-state index in [-0.39, 0.29) is 12.8 Å². The third-order valence-corrected chi connectivity index (χ3v) is 5.72. The highest BCUT2D eigenvalue weighted by Gasteiger charge is 2.23. The molecule has 0 unspecified atom stereocenters. The predicted molar refractivity (Wildman–Crippen MR) is 117 cm³/mol. The second kappa shape index (κ2) is 9.33. The fourth-order valence-electron chi connectivity index (χ4n) is 3.82. The monoisotopic (exact) mass is 413 g/mol. The van der Waals surface area contributed by atoms with Gasteiger partial charge in [-0.2, -0.15) is 0 Å². The zero-order valence-corrected chi connectivity index (χ0v) is 17.5. The largest absolute Gasteiger partial charge is 0.497 e. The summed E-state index contributed by atoms with van der Waals surface area (Å²) in [5, 5.41) is 7.35. The summed E-state index contributed by atoms with van der Waals surface area (Å²) in [5.41, 5.74) is 2.38. The van der Waals surface area contributed by atoms with E-state index >= 15 is 0 Å². The van der Waals surface area contributed by atoms with Gasteiger partial charge in [-0.1, -0.05) is 18.2 Å². The lowest BCUT2D eigenvalue weighted by molar-refractivity contribution is 0.174. The molecule has 0 saturated carbocycles. The number of nitrogens with zero attached hydrogens (tertiary/aromatic N) is 1. The molecule has 6 nitrogen and oxygen atoms in total. The molecule has 4 rings (SSSR count). The van der Waals surface area contributed by atoms with Gasteiger partial charge >= 0.3 is 0 Å². The molecule has 0 bridgehead atoms. The van der Waals surface area contributed by atoms with Gasteiger partial charge in [-0.3, -0.25) is 4.90 Å². The summed E-state index contributed by atoms with van der Waals surface area (Å²) in [6.45, 7) is 3.93. The Hall–Kier alpha value is -2.51. The minimum absolute atomic E-state index is 0.286. The number of fused-ring (bicyclic) bond motifs is 1. The van der Waals surface area contributed by atoms with E-state index in [9.17, 15) is 0 Å². The minimum Gasteiger partial charge on any atom is -0.497 e. The highest BCUT2D eigenvalue weighted by atomic mass is 32.1. The maximum Gasteiger partial charge on any atom is 0.231 e. The van der Waals surface area contributed by atoms with Gasteiger partial charge in [-0.05, 0) is 73.5 Å². The van der Waals surface area contributed by atoms with Gasteiger partial charge in [0.15, 0.2) is 16.6 Å². The summed E-state index contributed by atoms with van der Waals surface area (Å²) in [7, 11) is 1.69. The van der Waals surface area contributed by atoms with Crippen molar-refractivity contribution in [2.75, 3.05) is 33.5 Å². The number of hydrogen-bond donors (Lipinski definition) is 2. The van der Waals surface area contributed by atoms with Crippen LogP contribution >= 0.6 is 12.2 Å². The van der Waals surface area contributed by atoms with Crippen LogP contribution in [0.1, 0.15) is 30.0 Å². The Bertz CT molecular complexity index is 838. The van der Waals surface area contributed by atoms with Gasteiger partial charge in [0, 0.05) is 13.1 Å². The molecule has 2 aliphatic rings.